The van der Waals surface area contributed by atoms with Crippen molar-refractivity contribution in [2.24, 2.45) is 5.10 Å². The number of carbonyl (C=O) groups excluding carboxylic acids is 1. The third-order valence-electron chi connectivity index (χ3n) is 5.33. The van der Waals surface area contributed by atoms with Gasteiger partial charge in [-0.1, -0.05) is 54.2 Å². The van der Waals surface area contributed by atoms with Crippen molar-refractivity contribution in [2.75, 3.05) is 12.9 Å². The molecule has 0 fully saturated rings. The van der Waals surface area contributed by atoms with E-state index in [9.17, 15) is 4.79 Å². The number of hydrazone groups is 1. The van der Waals surface area contributed by atoms with Gasteiger partial charge in [0.05, 0.1) is 24.6 Å². The summed E-state index contributed by atoms with van der Waals surface area (Å²) in [6, 6.07) is 19.7. The van der Waals surface area contributed by atoms with Crippen LogP contribution in [0, 0.1) is 0 Å². The van der Waals surface area contributed by atoms with Gasteiger partial charge in [0, 0.05) is 11.8 Å². The zero-order valence-corrected chi connectivity index (χ0v) is 19.0. The maximum absolute atomic E-state index is 13.3. The van der Waals surface area contributed by atoms with Crippen LogP contribution < -0.4 is 4.74 Å². The summed E-state index contributed by atoms with van der Waals surface area (Å²) in [6.07, 6.45) is 2.21. The second kappa shape index (κ2) is 9.10. The predicted octanol–water partition coefficient (Wildman–Crippen LogP) is 5.17. The fourth-order valence-electron chi connectivity index (χ4n) is 3.71. The van der Waals surface area contributed by atoms with Gasteiger partial charge in [-0.15, -0.1) is 11.3 Å². The van der Waals surface area contributed by atoms with Crippen LogP contribution in [0.25, 0.3) is 10.2 Å². The Morgan fingerprint density at radius 1 is 1.12 bits per heavy atom. The Labute approximate surface area is 194 Å². The molecule has 0 bridgehead atoms. The minimum Gasteiger partial charge on any atom is -0.497 e. The molecule has 0 saturated carbocycles. The van der Waals surface area contributed by atoms with Gasteiger partial charge in [-0.3, -0.25) is 4.79 Å². The first-order valence-corrected chi connectivity index (χ1v) is 12.0. The Morgan fingerprint density at radius 3 is 2.72 bits per heavy atom. The number of benzene rings is 2. The second-order valence-electron chi connectivity index (χ2n) is 7.25. The number of ether oxygens (including phenoxy) is 1. The van der Waals surface area contributed by atoms with Crippen molar-refractivity contribution in [3.05, 3.63) is 83.5 Å². The van der Waals surface area contributed by atoms with Gasteiger partial charge in [0.2, 0.25) is 0 Å². The molecule has 2 aromatic carbocycles. The van der Waals surface area contributed by atoms with Crippen LogP contribution in [-0.4, -0.2) is 39.5 Å². The SMILES string of the molecule is COc1ccc(C2CC(c3ccccc3)=NN2C(=O)CSc2ncnc3sccc23)cc1. The van der Waals surface area contributed by atoms with E-state index in [-0.39, 0.29) is 17.7 Å². The van der Waals surface area contributed by atoms with Crippen molar-refractivity contribution in [2.45, 2.75) is 17.5 Å². The van der Waals surface area contributed by atoms with Gasteiger partial charge in [-0.2, -0.15) is 5.10 Å². The van der Waals surface area contributed by atoms with Gasteiger partial charge in [-0.05, 0) is 34.7 Å². The minimum atomic E-state index is -0.157. The van der Waals surface area contributed by atoms with E-state index in [1.807, 2.05) is 66.0 Å². The molecular weight excluding hydrogens is 440 g/mol. The van der Waals surface area contributed by atoms with Gasteiger partial charge >= 0.3 is 0 Å². The van der Waals surface area contributed by atoms with Crippen molar-refractivity contribution in [1.82, 2.24) is 15.0 Å². The highest BCUT2D eigenvalue weighted by Gasteiger charge is 2.33. The van der Waals surface area contributed by atoms with Gasteiger partial charge < -0.3 is 4.74 Å². The third-order valence-corrected chi connectivity index (χ3v) is 7.14. The Morgan fingerprint density at radius 2 is 1.94 bits per heavy atom. The highest BCUT2D eigenvalue weighted by Crippen LogP contribution is 2.35. The summed E-state index contributed by atoms with van der Waals surface area (Å²) in [5.41, 5.74) is 2.97. The van der Waals surface area contributed by atoms with Gasteiger partial charge in [0.1, 0.15) is 21.9 Å². The highest BCUT2D eigenvalue weighted by atomic mass is 32.2. The zero-order chi connectivity index (χ0) is 21.9. The largest absolute Gasteiger partial charge is 0.497 e. The maximum Gasteiger partial charge on any atom is 0.253 e. The summed E-state index contributed by atoms with van der Waals surface area (Å²) in [7, 11) is 1.64. The van der Waals surface area contributed by atoms with Crippen LogP contribution in [0.15, 0.2) is 82.5 Å². The number of fused-ring (bicyclic) bond motifs is 1. The van der Waals surface area contributed by atoms with E-state index >= 15 is 0 Å². The lowest BCUT2D eigenvalue weighted by Crippen LogP contribution is -2.28. The number of aromatic nitrogens is 2. The molecular formula is C24H20N4O2S2. The van der Waals surface area contributed by atoms with Crippen LogP contribution in [0.2, 0.25) is 0 Å². The predicted molar refractivity (Wildman–Crippen MR) is 128 cm³/mol. The summed E-state index contributed by atoms with van der Waals surface area (Å²) in [5.74, 6) is 0.983. The van der Waals surface area contributed by atoms with E-state index in [0.717, 1.165) is 37.8 Å². The molecule has 1 amide bonds. The molecule has 160 valence electrons. The Kier molecular flexibility index (Phi) is 5.87. The number of nitrogens with zero attached hydrogens (tertiary/aromatic N) is 4. The molecule has 6 nitrogen and oxygen atoms in total. The number of hydrogen-bond donors (Lipinski definition) is 0. The molecule has 1 aliphatic rings. The topological polar surface area (TPSA) is 67.7 Å². The summed E-state index contributed by atoms with van der Waals surface area (Å²) >= 11 is 2.99. The molecule has 1 aliphatic heterocycles. The number of rotatable bonds is 6. The third kappa shape index (κ3) is 4.11. The minimum absolute atomic E-state index is 0.0521. The van der Waals surface area contributed by atoms with E-state index < -0.39 is 0 Å². The van der Waals surface area contributed by atoms with Crippen molar-refractivity contribution in [1.29, 1.82) is 0 Å². The fourth-order valence-corrected chi connectivity index (χ4v) is 5.34. The normalized spacial score (nSPS) is 15.7. The lowest BCUT2D eigenvalue weighted by Gasteiger charge is -2.22. The highest BCUT2D eigenvalue weighted by molar-refractivity contribution is 8.00. The lowest BCUT2D eigenvalue weighted by molar-refractivity contribution is -0.130. The van der Waals surface area contributed by atoms with Crippen molar-refractivity contribution < 1.29 is 9.53 Å². The number of thiophene rings is 1. The van der Waals surface area contributed by atoms with Crippen molar-refractivity contribution in [3.8, 4) is 5.75 Å². The molecule has 0 spiro atoms. The average Bonchev–Trinajstić information content (AvgIpc) is 3.51. The number of carbonyl (C=O) groups is 1. The molecule has 8 heteroatoms. The monoisotopic (exact) mass is 460 g/mol. The van der Waals surface area contributed by atoms with E-state index in [4.69, 9.17) is 9.84 Å². The molecule has 0 aliphatic carbocycles. The van der Waals surface area contributed by atoms with Crippen LogP contribution in [0.1, 0.15) is 23.6 Å². The Balaban J connectivity index is 1.40. The molecule has 32 heavy (non-hydrogen) atoms. The second-order valence-corrected chi connectivity index (χ2v) is 9.11. The van der Waals surface area contributed by atoms with Gasteiger partial charge in [0.25, 0.3) is 5.91 Å². The molecule has 1 atom stereocenters. The van der Waals surface area contributed by atoms with Crippen LogP contribution in [-0.2, 0) is 4.79 Å². The summed E-state index contributed by atoms with van der Waals surface area (Å²) in [6.45, 7) is 0. The molecule has 0 saturated heterocycles. The van der Waals surface area contributed by atoms with Crippen LogP contribution >= 0.6 is 23.1 Å². The molecule has 4 aromatic rings. The first kappa shape index (κ1) is 20.7. The molecule has 0 radical (unpaired) electrons. The van der Waals surface area contributed by atoms with E-state index in [1.54, 1.807) is 29.8 Å². The first-order chi connectivity index (χ1) is 15.7. The quantitative estimate of drug-likeness (QED) is 0.293. The number of thioether (sulfide) groups is 1. The van der Waals surface area contributed by atoms with Crippen LogP contribution in [0.3, 0.4) is 0 Å². The molecule has 0 N–H and O–H groups in total. The van der Waals surface area contributed by atoms with E-state index in [0.29, 0.717) is 6.42 Å². The smallest absolute Gasteiger partial charge is 0.253 e. The number of hydrogen-bond acceptors (Lipinski definition) is 7. The summed E-state index contributed by atoms with van der Waals surface area (Å²) < 4.78 is 5.29. The lowest BCUT2D eigenvalue weighted by atomic mass is 9.98. The molecule has 5 rings (SSSR count). The number of amides is 1. The summed E-state index contributed by atoms with van der Waals surface area (Å²) in [4.78, 5) is 22.9. The standard InChI is InChI=1S/C24H20N4O2S2/c1-30-18-9-7-17(8-10-18)21-13-20(16-5-3-2-4-6-16)27-28(21)22(29)14-32-24-19-11-12-31-23(19)25-15-26-24/h2-12,15,21H,13-14H2,1H3. The van der Waals surface area contributed by atoms with Gasteiger partial charge in [-0.25, -0.2) is 15.0 Å². The van der Waals surface area contributed by atoms with Crippen LogP contribution in [0.4, 0.5) is 0 Å². The van der Waals surface area contributed by atoms with Gasteiger partial charge in [0.15, 0.2) is 0 Å². The van der Waals surface area contributed by atoms with E-state index in [1.165, 1.54) is 11.8 Å². The van der Waals surface area contributed by atoms with Crippen molar-refractivity contribution >= 4 is 44.9 Å². The Bertz CT molecular complexity index is 1270. The van der Waals surface area contributed by atoms with Crippen molar-refractivity contribution in [3.63, 3.8) is 0 Å². The van der Waals surface area contributed by atoms with Crippen LogP contribution in [0.5, 0.6) is 5.75 Å². The number of methoxy groups -OCH3 is 1. The zero-order valence-electron chi connectivity index (χ0n) is 17.3. The molecule has 2 aromatic heterocycles. The average molecular weight is 461 g/mol. The molecule has 3 heterocycles. The first-order valence-electron chi connectivity index (χ1n) is 10.1. The maximum atomic E-state index is 13.3. The summed E-state index contributed by atoms with van der Waals surface area (Å²) in [5, 5.41) is 10.2. The Hall–Kier alpha value is -3.23. The molecule has 1 unspecified atom stereocenters. The van der Waals surface area contributed by atoms with E-state index in [2.05, 4.69) is 9.97 Å². The fraction of sp³-hybridized carbons (Fsp3) is 0.167.